The zero-order chi connectivity index (χ0) is 25.1. The fourth-order valence-electron chi connectivity index (χ4n) is 3.55. The molecule has 1 fully saturated rings. The van der Waals surface area contributed by atoms with Gasteiger partial charge in [-0.2, -0.15) is 0 Å². The lowest BCUT2D eigenvalue weighted by Crippen LogP contribution is -2.54. The number of carbonyl (C=O) groups is 3. The van der Waals surface area contributed by atoms with Crippen LogP contribution in [0, 0.1) is 10.5 Å². The highest BCUT2D eigenvalue weighted by atomic mass is 127. The molecule has 0 spiro atoms. The number of hydrogen-bond donors (Lipinski definition) is 1. The van der Waals surface area contributed by atoms with E-state index in [9.17, 15) is 14.4 Å². The van der Waals surface area contributed by atoms with E-state index in [4.69, 9.17) is 9.47 Å². The predicted octanol–water partition coefficient (Wildman–Crippen LogP) is 5.62. The zero-order valence-electron chi connectivity index (χ0n) is 18.8. The largest absolute Gasteiger partial charge is 0.493 e. The third kappa shape index (κ3) is 5.57. The van der Waals surface area contributed by atoms with E-state index in [1.165, 1.54) is 13.2 Å². The molecule has 0 atom stereocenters. The summed E-state index contributed by atoms with van der Waals surface area (Å²) in [6.07, 6.45) is 1.43. The zero-order valence-corrected chi connectivity index (χ0v) is 22.5. The van der Waals surface area contributed by atoms with Crippen molar-refractivity contribution < 1.29 is 23.9 Å². The molecule has 1 saturated heterocycles. The van der Waals surface area contributed by atoms with Gasteiger partial charge in [0.25, 0.3) is 11.8 Å². The van der Waals surface area contributed by atoms with Crippen molar-refractivity contribution in [3.8, 4) is 11.5 Å². The minimum absolute atomic E-state index is 0.165. The number of amides is 4. The first kappa shape index (κ1) is 24.9. The van der Waals surface area contributed by atoms with Crippen molar-refractivity contribution in [1.82, 2.24) is 5.32 Å². The molecule has 1 N–H and O–H groups in total. The summed E-state index contributed by atoms with van der Waals surface area (Å²) in [5.41, 5.74) is 2.49. The van der Waals surface area contributed by atoms with Crippen LogP contribution in [0.2, 0.25) is 0 Å². The van der Waals surface area contributed by atoms with Crippen LogP contribution in [0.25, 0.3) is 6.08 Å². The number of nitrogens with zero attached hydrogens (tertiary/aromatic N) is 1. The highest BCUT2D eigenvalue weighted by Crippen LogP contribution is 2.31. The Morgan fingerprint density at radius 2 is 1.74 bits per heavy atom. The fourth-order valence-corrected chi connectivity index (χ4v) is 4.38. The monoisotopic (exact) mass is 646 g/mol. The van der Waals surface area contributed by atoms with Gasteiger partial charge in [0, 0.05) is 8.04 Å². The lowest BCUT2D eigenvalue weighted by atomic mass is 10.1. The number of halogens is 2. The summed E-state index contributed by atoms with van der Waals surface area (Å²) in [7, 11) is 1.51. The Bertz CT molecular complexity index is 1350. The van der Waals surface area contributed by atoms with Crippen LogP contribution in [-0.2, 0) is 16.2 Å². The third-order valence-corrected chi connectivity index (χ3v) is 6.52. The Hall–Kier alpha value is -3.18. The molecule has 0 saturated carbocycles. The molecular weight excluding hydrogens is 627 g/mol. The topological polar surface area (TPSA) is 84.9 Å². The number of methoxy groups -OCH3 is 1. The number of benzene rings is 3. The molecule has 9 heteroatoms. The second kappa shape index (κ2) is 10.6. The van der Waals surface area contributed by atoms with Crippen LogP contribution in [0.5, 0.6) is 11.5 Å². The average Bonchev–Trinajstić information content (AvgIpc) is 2.83. The highest BCUT2D eigenvalue weighted by Gasteiger charge is 2.37. The summed E-state index contributed by atoms with van der Waals surface area (Å²) in [5, 5.41) is 2.24. The van der Waals surface area contributed by atoms with Gasteiger partial charge in [0.15, 0.2) is 11.5 Å². The van der Waals surface area contributed by atoms with E-state index in [0.29, 0.717) is 34.9 Å². The van der Waals surface area contributed by atoms with E-state index in [0.717, 1.165) is 18.5 Å². The van der Waals surface area contributed by atoms with Gasteiger partial charge in [-0.05, 0) is 94.7 Å². The first-order valence-electron chi connectivity index (χ1n) is 10.5. The Morgan fingerprint density at radius 3 is 2.43 bits per heavy atom. The van der Waals surface area contributed by atoms with E-state index in [1.54, 1.807) is 43.3 Å². The summed E-state index contributed by atoms with van der Waals surface area (Å²) in [6.45, 7) is 2.14. The summed E-state index contributed by atoms with van der Waals surface area (Å²) in [5.74, 6) is -0.494. The Balaban J connectivity index is 1.60. The summed E-state index contributed by atoms with van der Waals surface area (Å²) >= 11 is 5.61. The molecule has 1 heterocycles. The maximum absolute atomic E-state index is 13.2. The van der Waals surface area contributed by atoms with Gasteiger partial charge in [0.1, 0.15) is 12.2 Å². The predicted molar refractivity (Wildman–Crippen MR) is 144 cm³/mol. The molecule has 4 amide bonds. The number of ether oxygens (including phenoxy) is 2. The second-order valence-electron chi connectivity index (χ2n) is 7.71. The molecule has 1 aliphatic rings. The van der Waals surface area contributed by atoms with Crippen LogP contribution in [0.15, 0.2) is 70.7 Å². The Kier molecular flexibility index (Phi) is 7.56. The Morgan fingerprint density at radius 1 is 1.00 bits per heavy atom. The molecule has 1 aliphatic heterocycles. The van der Waals surface area contributed by atoms with Crippen molar-refractivity contribution in [2.75, 3.05) is 12.0 Å². The van der Waals surface area contributed by atoms with Gasteiger partial charge in [-0.25, -0.2) is 9.69 Å². The highest BCUT2D eigenvalue weighted by molar-refractivity contribution is 14.1. The standard InChI is InChI=1S/C26H20BrIN2O5/c1-15-11-18(27)6-9-21(15)30-25(32)20(24(31)29-26(30)33)12-17-5-10-22(23(13-17)34-2)35-14-16-3-7-19(28)8-4-16/h3-13H,14H2,1-2H3,(H,29,31,33)/b20-12+. The number of carbonyl (C=O) groups excluding carboxylic acids is 3. The number of urea groups is 1. The van der Waals surface area contributed by atoms with Crippen LogP contribution in [0.3, 0.4) is 0 Å². The van der Waals surface area contributed by atoms with Crippen LogP contribution in [0.1, 0.15) is 16.7 Å². The van der Waals surface area contributed by atoms with Crippen LogP contribution in [-0.4, -0.2) is 25.0 Å². The van der Waals surface area contributed by atoms with Crippen LogP contribution in [0.4, 0.5) is 10.5 Å². The number of nitrogens with one attached hydrogen (secondary N) is 1. The first-order chi connectivity index (χ1) is 16.8. The van der Waals surface area contributed by atoms with Gasteiger partial charge in [-0.1, -0.05) is 34.1 Å². The van der Waals surface area contributed by atoms with E-state index >= 15 is 0 Å². The van der Waals surface area contributed by atoms with Gasteiger partial charge in [-0.15, -0.1) is 0 Å². The van der Waals surface area contributed by atoms with Crippen molar-refractivity contribution in [3.63, 3.8) is 0 Å². The molecule has 35 heavy (non-hydrogen) atoms. The molecule has 3 aromatic carbocycles. The van der Waals surface area contributed by atoms with Crippen molar-refractivity contribution in [1.29, 1.82) is 0 Å². The van der Waals surface area contributed by atoms with E-state index in [1.807, 2.05) is 24.3 Å². The molecule has 4 rings (SSSR count). The molecule has 0 unspecified atom stereocenters. The SMILES string of the molecule is COc1cc(/C=C2\C(=O)NC(=O)N(c3ccc(Br)cc3C)C2=O)ccc1OCc1ccc(I)cc1. The maximum Gasteiger partial charge on any atom is 0.335 e. The molecule has 0 aromatic heterocycles. The second-order valence-corrected chi connectivity index (χ2v) is 9.88. The summed E-state index contributed by atoms with van der Waals surface area (Å²) in [4.78, 5) is 39.2. The number of anilines is 1. The van der Waals surface area contributed by atoms with E-state index < -0.39 is 17.8 Å². The lowest BCUT2D eigenvalue weighted by Gasteiger charge is -2.27. The molecule has 3 aromatic rings. The molecule has 0 bridgehead atoms. The number of imide groups is 2. The average molecular weight is 647 g/mol. The molecule has 7 nitrogen and oxygen atoms in total. The van der Waals surface area contributed by atoms with Gasteiger partial charge in [0.05, 0.1) is 12.8 Å². The fraction of sp³-hybridized carbons (Fsp3) is 0.115. The number of barbiturate groups is 1. The molecular formula is C26H20BrIN2O5. The number of hydrogen-bond acceptors (Lipinski definition) is 5. The Labute approximate surface area is 224 Å². The van der Waals surface area contributed by atoms with E-state index in [2.05, 4.69) is 43.8 Å². The molecule has 0 radical (unpaired) electrons. The minimum atomic E-state index is -0.792. The molecule has 178 valence electrons. The number of aryl methyl sites for hydroxylation is 1. The van der Waals surface area contributed by atoms with Crippen molar-refractivity contribution in [3.05, 3.63) is 91.0 Å². The minimum Gasteiger partial charge on any atom is -0.493 e. The van der Waals surface area contributed by atoms with Crippen molar-refractivity contribution in [2.45, 2.75) is 13.5 Å². The van der Waals surface area contributed by atoms with Crippen LogP contribution < -0.4 is 19.7 Å². The smallest absolute Gasteiger partial charge is 0.335 e. The van der Waals surface area contributed by atoms with Crippen molar-refractivity contribution in [2.24, 2.45) is 0 Å². The van der Waals surface area contributed by atoms with Crippen LogP contribution >= 0.6 is 38.5 Å². The first-order valence-corrected chi connectivity index (χ1v) is 12.4. The van der Waals surface area contributed by atoms with Gasteiger partial charge < -0.3 is 9.47 Å². The lowest BCUT2D eigenvalue weighted by molar-refractivity contribution is -0.122. The van der Waals surface area contributed by atoms with Gasteiger partial charge in [-0.3, -0.25) is 14.9 Å². The van der Waals surface area contributed by atoms with Crippen molar-refractivity contribution >= 4 is 68.1 Å². The van der Waals surface area contributed by atoms with E-state index in [-0.39, 0.29) is 5.57 Å². The number of rotatable bonds is 6. The molecule has 0 aliphatic carbocycles. The summed E-state index contributed by atoms with van der Waals surface area (Å²) < 4.78 is 13.3. The summed E-state index contributed by atoms with van der Waals surface area (Å²) in [6, 6.07) is 17.4. The maximum atomic E-state index is 13.2. The normalized spacial score (nSPS) is 14.8. The van der Waals surface area contributed by atoms with Gasteiger partial charge in [0.2, 0.25) is 0 Å². The van der Waals surface area contributed by atoms with Gasteiger partial charge >= 0.3 is 6.03 Å². The third-order valence-electron chi connectivity index (χ3n) is 5.31. The quantitative estimate of drug-likeness (QED) is 0.214.